The molecule has 0 radical (unpaired) electrons. The molecule has 0 saturated carbocycles. The highest BCUT2D eigenvalue weighted by Crippen LogP contribution is 2.31. The fourth-order valence-electron chi connectivity index (χ4n) is 3.86. The number of hydrogen-bond donors (Lipinski definition) is 0. The number of carbonyl (C=O) groups excluding carboxylic acids is 4. The van der Waals surface area contributed by atoms with E-state index in [1.165, 1.54) is 20.3 Å². The molecule has 0 aromatic carbocycles. The summed E-state index contributed by atoms with van der Waals surface area (Å²) in [5.41, 5.74) is 0. The molecule has 220 valence electrons. The van der Waals surface area contributed by atoms with Crippen LogP contribution in [0.2, 0.25) is 0 Å². The van der Waals surface area contributed by atoms with Gasteiger partial charge in [0.05, 0.1) is 11.8 Å². The van der Waals surface area contributed by atoms with Gasteiger partial charge in [0.1, 0.15) is 12.7 Å². The van der Waals surface area contributed by atoms with E-state index in [-0.39, 0.29) is 6.61 Å². The standard InChI is InChI=1S/C28H48O10/c1-8-11-12-13-14-15-16-33-28-25(35-21(7)30)24(38-27(32)19(5)10-3)23(37-26(31)18(4)9-2)22(36-28)17-34-20(6)29/h18-19,22-25,28H,8-17H2,1-7H3. The average molecular weight is 545 g/mol. The lowest BCUT2D eigenvalue weighted by molar-refractivity contribution is -0.309. The molecule has 0 N–H and O–H groups in total. The minimum Gasteiger partial charge on any atom is -0.463 e. The van der Waals surface area contributed by atoms with Gasteiger partial charge >= 0.3 is 23.9 Å². The van der Waals surface area contributed by atoms with Crippen LogP contribution in [0.4, 0.5) is 0 Å². The average Bonchev–Trinajstić information content (AvgIpc) is 2.88. The molecule has 7 unspecified atom stereocenters. The quantitative estimate of drug-likeness (QED) is 0.147. The minimum atomic E-state index is -1.22. The Morgan fingerprint density at radius 3 is 1.79 bits per heavy atom. The third-order valence-electron chi connectivity index (χ3n) is 6.66. The van der Waals surface area contributed by atoms with Crippen LogP contribution in [0.5, 0.6) is 0 Å². The van der Waals surface area contributed by atoms with Gasteiger partial charge in [-0.15, -0.1) is 0 Å². The van der Waals surface area contributed by atoms with Crippen LogP contribution >= 0.6 is 0 Å². The van der Waals surface area contributed by atoms with Crippen molar-refractivity contribution in [1.29, 1.82) is 0 Å². The molecule has 1 saturated heterocycles. The van der Waals surface area contributed by atoms with Gasteiger partial charge in [-0.3, -0.25) is 19.2 Å². The van der Waals surface area contributed by atoms with E-state index in [1.807, 2.05) is 13.8 Å². The van der Waals surface area contributed by atoms with Crippen molar-refractivity contribution in [2.24, 2.45) is 11.8 Å². The number of carbonyl (C=O) groups is 4. The Morgan fingerprint density at radius 1 is 0.711 bits per heavy atom. The molecule has 10 heteroatoms. The highest BCUT2D eigenvalue weighted by Gasteiger charge is 2.53. The zero-order valence-corrected chi connectivity index (χ0v) is 24.2. The van der Waals surface area contributed by atoms with Crippen LogP contribution in [0.3, 0.4) is 0 Å². The van der Waals surface area contributed by atoms with Crippen molar-refractivity contribution < 1.29 is 47.6 Å². The first-order valence-electron chi connectivity index (χ1n) is 14.0. The summed E-state index contributed by atoms with van der Waals surface area (Å²) in [4.78, 5) is 49.4. The lowest BCUT2D eigenvalue weighted by Crippen LogP contribution is -2.63. The Balaban J connectivity index is 3.28. The molecule has 10 nitrogen and oxygen atoms in total. The van der Waals surface area contributed by atoms with Crippen molar-refractivity contribution in [3.05, 3.63) is 0 Å². The second kappa shape index (κ2) is 18.2. The summed E-state index contributed by atoms with van der Waals surface area (Å²) >= 11 is 0. The number of esters is 4. The van der Waals surface area contributed by atoms with Gasteiger partial charge in [0, 0.05) is 20.5 Å². The maximum atomic E-state index is 12.9. The molecule has 0 aliphatic carbocycles. The highest BCUT2D eigenvalue weighted by molar-refractivity contribution is 5.73. The van der Waals surface area contributed by atoms with Crippen molar-refractivity contribution in [3.63, 3.8) is 0 Å². The predicted octanol–water partition coefficient (Wildman–Crippen LogP) is 4.50. The van der Waals surface area contributed by atoms with Gasteiger partial charge < -0.3 is 28.4 Å². The van der Waals surface area contributed by atoms with E-state index >= 15 is 0 Å². The molecule has 0 bridgehead atoms. The van der Waals surface area contributed by atoms with Crippen molar-refractivity contribution in [3.8, 4) is 0 Å². The molecule has 1 fully saturated rings. The van der Waals surface area contributed by atoms with E-state index in [2.05, 4.69) is 6.92 Å². The van der Waals surface area contributed by atoms with Gasteiger partial charge in [-0.25, -0.2) is 0 Å². The molecule has 1 heterocycles. The Bertz CT molecular complexity index is 739. The SMILES string of the molecule is CCCCCCCCOC1OC(COC(C)=O)C(OC(=O)C(C)CC)C(OC(=O)C(C)CC)C1OC(C)=O. The second-order valence-corrected chi connectivity index (χ2v) is 9.98. The van der Waals surface area contributed by atoms with Gasteiger partial charge in [-0.2, -0.15) is 0 Å². The molecular weight excluding hydrogens is 496 g/mol. The van der Waals surface area contributed by atoms with Crippen LogP contribution in [-0.4, -0.2) is 67.8 Å². The fraction of sp³-hybridized carbons (Fsp3) is 0.857. The molecule has 7 atom stereocenters. The Kier molecular flexibility index (Phi) is 16.2. The lowest BCUT2D eigenvalue weighted by atomic mass is 9.97. The van der Waals surface area contributed by atoms with Gasteiger partial charge in [0.2, 0.25) is 0 Å². The van der Waals surface area contributed by atoms with E-state index in [4.69, 9.17) is 28.4 Å². The zero-order chi connectivity index (χ0) is 28.7. The summed E-state index contributed by atoms with van der Waals surface area (Å²) in [5, 5.41) is 0. The van der Waals surface area contributed by atoms with Gasteiger partial charge in [0.15, 0.2) is 24.6 Å². The van der Waals surface area contributed by atoms with Crippen LogP contribution in [0.1, 0.15) is 99.8 Å². The third-order valence-corrected chi connectivity index (χ3v) is 6.66. The van der Waals surface area contributed by atoms with Crippen molar-refractivity contribution in [2.75, 3.05) is 13.2 Å². The maximum absolute atomic E-state index is 12.9. The number of unbranched alkanes of at least 4 members (excludes halogenated alkanes) is 5. The van der Waals surface area contributed by atoms with E-state index in [1.54, 1.807) is 13.8 Å². The van der Waals surface area contributed by atoms with Crippen molar-refractivity contribution >= 4 is 23.9 Å². The molecule has 1 aliphatic rings. The van der Waals surface area contributed by atoms with Gasteiger partial charge in [-0.05, 0) is 19.3 Å². The van der Waals surface area contributed by atoms with Crippen LogP contribution in [0.15, 0.2) is 0 Å². The summed E-state index contributed by atoms with van der Waals surface area (Å²) in [7, 11) is 0. The topological polar surface area (TPSA) is 124 Å². The summed E-state index contributed by atoms with van der Waals surface area (Å²) < 4.78 is 34.4. The summed E-state index contributed by atoms with van der Waals surface area (Å²) in [5.74, 6) is -3.16. The summed E-state index contributed by atoms with van der Waals surface area (Å²) in [6.07, 6.45) is 1.58. The maximum Gasteiger partial charge on any atom is 0.309 e. The lowest BCUT2D eigenvalue weighted by Gasteiger charge is -2.44. The summed E-state index contributed by atoms with van der Waals surface area (Å²) in [6.45, 7) is 11.8. The van der Waals surface area contributed by atoms with E-state index in [9.17, 15) is 19.2 Å². The van der Waals surface area contributed by atoms with Crippen LogP contribution in [0, 0.1) is 11.8 Å². The molecule has 1 rings (SSSR count). The molecular formula is C28H48O10. The molecule has 0 amide bonds. The molecule has 38 heavy (non-hydrogen) atoms. The molecule has 1 aliphatic heterocycles. The first kappa shape index (κ1) is 33.8. The second-order valence-electron chi connectivity index (χ2n) is 9.98. The fourth-order valence-corrected chi connectivity index (χ4v) is 3.86. The highest BCUT2D eigenvalue weighted by atomic mass is 16.7. The smallest absolute Gasteiger partial charge is 0.309 e. The summed E-state index contributed by atoms with van der Waals surface area (Å²) in [6, 6.07) is 0. The molecule has 0 spiro atoms. The Morgan fingerprint density at radius 2 is 1.26 bits per heavy atom. The van der Waals surface area contributed by atoms with Crippen LogP contribution in [0.25, 0.3) is 0 Å². The molecule has 0 aromatic heterocycles. The van der Waals surface area contributed by atoms with Crippen molar-refractivity contribution in [1.82, 2.24) is 0 Å². The number of ether oxygens (including phenoxy) is 6. The normalized spacial score (nSPS) is 24.7. The van der Waals surface area contributed by atoms with Crippen molar-refractivity contribution in [2.45, 2.75) is 131 Å². The molecule has 0 aromatic rings. The zero-order valence-electron chi connectivity index (χ0n) is 24.2. The first-order chi connectivity index (χ1) is 18.0. The Labute approximate surface area is 227 Å². The van der Waals surface area contributed by atoms with E-state index in [0.29, 0.717) is 19.4 Å². The minimum absolute atomic E-state index is 0.269. The van der Waals surface area contributed by atoms with E-state index in [0.717, 1.165) is 32.1 Å². The number of rotatable bonds is 17. The third kappa shape index (κ3) is 11.7. The van der Waals surface area contributed by atoms with E-state index < -0.39 is 66.4 Å². The van der Waals surface area contributed by atoms with Crippen LogP contribution in [-0.2, 0) is 47.6 Å². The predicted molar refractivity (Wildman–Crippen MR) is 139 cm³/mol. The Hall–Kier alpha value is -2.20. The largest absolute Gasteiger partial charge is 0.463 e. The van der Waals surface area contributed by atoms with Gasteiger partial charge in [-0.1, -0.05) is 66.7 Å². The van der Waals surface area contributed by atoms with Crippen LogP contribution < -0.4 is 0 Å². The number of hydrogen-bond acceptors (Lipinski definition) is 10. The monoisotopic (exact) mass is 544 g/mol. The first-order valence-corrected chi connectivity index (χ1v) is 14.0. The van der Waals surface area contributed by atoms with Gasteiger partial charge in [0.25, 0.3) is 0 Å².